The molecule has 0 aliphatic carbocycles. The van der Waals surface area contributed by atoms with E-state index in [9.17, 15) is 0 Å². The van der Waals surface area contributed by atoms with E-state index in [4.69, 9.17) is 5.41 Å². The Hall–Kier alpha value is -1.37. The van der Waals surface area contributed by atoms with Crippen molar-refractivity contribution in [3.63, 3.8) is 0 Å². The minimum Gasteiger partial charge on any atom is -0.308 e. The summed E-state index contributed by atoms with van der Waals surface area (Å²) in [6.07, 6.45) is 5.47. The number of hydrogen-bond acceptors (Lipinski definition) is 1. The van der Waals surface area contributed by atoms with Crippen molar-refractivity contribution in [2.75, 3.05) is 0 Å². The van der Waals surface area contributed by atoms with E-state index in [1.54, 1.807) is 0 Å². The molecule has 0 saturated heterocycles. The fourth-order valence-corrected chi connectivity index (χ4v) is 1.53. The van der Waals surface area contributed by atoms with Crippen molar-refractivity contribution in [2.45, 2.75) is 20.8 Å². The van der Waals surface area contributed by atoms with Gasteiger partial charge in [0, 0.05) is 6.21 Å². The Labute approximate surface area is 79.6 Å². The maximum absolute atomic E-state index is 7.30. The summed E-state index contributed by atoms with van der Waals surface area (Å²) in [5.74, 6) is 0. The minimum absolute atomic E-state index is 0.996. The SMILES string of the molecule is C/C=C\c1c(C)cc(C)cc1C=N. The zero-order valence-corrected chi connectivity index (χ0v) is 8.39. The minimum atomic E-state index is 0.996. The van der Waals surface area contributed by atoms with Crippen molar-refractivity contribution >= 4 is 12.3 Å². The number of rotatable bonds is 2. The smallest absolute Gasteiger partial charge is 0.0256 e. The van der Waals surface area contributed by atoms with Gasteiger partial charge in [-0.1, -0.05) is 23.8 Å². The number of benzene rings is 1. The lowest BCUT2D eigenvalue weighted by Gasteiger charge is -2.06. The standard InChI is InChI=1S/C12H15N/c1-4-5-12-10(3)6-9(2)7-11(12)8-13/h4-8,13H,1-3H3/b5-4-,13-8?. The Bertz CT molecular complexity index is 348. The molecule has 1 N–H and O–H groups in total. The molecule has 1 heteroatoms. The lowest BCUT2D eigenvalue weighted by Crippen LogP contribution is -1.91. The highest BCUT2D eigenvalue weighted by Gasteiger charge is 2.00. The van der Waals surface area contributed by atoms with Gasteiger partial charge in [0.15, 0.2) is 0 Å². The summed E-state index contributed by atoms with van der Waals surface area (Å²) in [5, 5.41) is 7.30. The lowest BCUT2D eigenvalue weighted by molar-refractivity contribution is 1.35. The molecule has 1 rings (SSSR count). The molecule has 0 saturated carbocycles. The third-order valence-corrected chi connectivity index (χ3v) is 2.05. The third kappa shape index (κ3) is 2.05. The van der Waals surface area contributed by atoms with E-state index in [1.807, 2.05) is 19.1 Å². The van der Waals surface area contributed by atoms with Crippen molar-refractivity contribution in [1.29, 1.82) is 5.41 Å². The molecule has 1 aromatic rings. The van der Waals surface area contributed by atoms with E-state index < -0.39 is 0 Å². The summed E-state index contributed by atoms with van der Waals surface area (Å²) in [6.45, 7) is 6.13. The van der Waals surface area contributed by atoms with Crippen LogP contribution in [0.1, 0.15) is 29.2 Å². The molecule has 0 radical (unpaired) electrons. The van der Waals surface area contributed by atoms with Crippen molar-refractivity contribution in [3.8, 4) is 0 Å². The molecule has 0 bridgehead atoms. The molecule has 0 aliphatic heterocycles. The largest absolute Gasteiger partial charge is 0.308 e. The van der Waals surface area contributed by atoms with Crippen molar-refractivity contribution in [2.24, 2.45) is 0 Å². The molecule has 0 amide bonds. The molecule has 0 aliphatic rings. The van der Waals surface area contributed by atoms with Crippen LogP contribution >= 0.6 is 0 Å². The molecule has 1 nitrogen and oxygen atoms in total. The van der Waals surface area contributed by atoms with Crippen LogP contribution in [0, 0.1) is 19.3 Å². The zero-order valence-electron chi connectivity index (χ0n) is 8.39. The lowest BCUT2D eigenvalue weighted by atomic mass is 9.99. The van der Waals surface area contributed by atoms with Gasteiger partial charge in [0.25, 0.3) is 0 Å². The summed E-state index contributed by atoms with van der Waals surface area (Å²) in [5.41, 5.74) is 4.60. The van der Waals surface area contributed by atoms with E-state index >= 15 is 0 Å². The molecule has 1 aromatic carbocycles. The Morgan fingerprint density at radius 1 is 1.23 bits per heavy atom. The average Bonchev–Trinajstić information content (AvgIpc) is 2.09. The first-order valence-corrected chi connectivity index (χ1v) is 4.43. The van der Waals surface area contributed by atoms with Crippen LogP contribution < -0.4 is 0 Å². The summed E-state index contributed by atoms with van der Waals surface area (Å²) < 4.78 is 0. The van der Waals surface area contributed by atoms with Gasteiger partial charge >= 0.3 is 0 Å². The van der Waals surface area contributed by atoms with Gasteiger partial charge in [0.1, 0.15) is 0 Å². The zero-order chi connectivity index (χ0) is 9.84. The molecule has 68 valence electrons. The molecule has 0 spiro atoms. The highest BCUT2D eigenvalue weighted by molar-refractivity contribution is 5.84. The Balaban J connectivity index is 3.37. The molecule has 0 atom stereocenters. The predicted octanol–water partition coefficient (Wildman–Crippen LogP) is 3.33. The fraction of sp³-hybridized carbons (Fsp3) is 0.250. The molecule has 13 heavy (non-hydrogen) atoms. The first-order chi connectivity index (χ1) is 6.19. The Morgan fingerprint density at radius 2 is 1.92 bits per heavy atom. The summed E-state index contributed by atoms with van der Waals surface area (Å²) in [4.78, 5) is 0. The van der Waals surface area contributed by atoms with Crippen molar-refractivity contribution in [3.05, 3.63) is 40.5 Å². The molecular formula is C12H15N. The highest BCUT2D eigenvalue weighted by Crippen LogP contribution is 2.17. The van der Waals surface area contributed by atoms with Crippen LogP contribution in [-0.2, 0) is 0 Å². The van der Waals surface area contributed by atoms with E-state index in [1.165, 1.54) is 17.3 Å². The topological polar surface area (TPSA) is 23.9 Å². The van der Waals surface area contributed by atoms with Gasteiger partial charge in [-0.15, -0.1) is 0 Å². The van der Waals surface area contributed by atoms with Crippen LogP contribution in [0.25, 0.3) is 6.08 Å². The normalized spacial score (nSPS) is 10.7. The van der Waals surface area contributed by atoms with Crippen molar-refractivity contribution in [1.82, 2.24) is 0 Å². The van der Waals surface area contributed by atoms with E-state index in [2.05, 4.69) is 26.0 Å². The first-order valence-electron chi connectivity index (χ1n) is 4.43. The molecule has 0 aromatic heterocycles. The van der Waals surface area contributed by atoms with E-state index in [0.29, 0.717) is 0 Å². The van der Waals surface area contributed by atoms with E-state index in [0.717, 1.165) is 11.1 Å². The summed E-state index contributed by atoms with van der Waals surface area (Å²) in [6, 6.07) is 4.18. The number of nitrogens with one attached hydrogen (secondary N) is 1. The van der Waals surface area contributed by atoms with Crippen LogP contribution in [-0.4, -0.2) is 6.21 Å². The van der Waals surface area contributed by atoms with Gasteiger partial charge in [-0.05, 0) is 43.5 Å². The summed E-state index contributed by atoms with van der Waals surface area (Å²) >= 11 is 0. The van der Waals surface area contributed by atoms with Gasteiger partial charge in [0.05, 0.1) is 0 Å². The van der Waals surface area contributed by atoms with Gasteiger partial charge in [-0.25, -0.2) is 0 Å². The van der Waals surface area contributed by atoms with Crippen LogP contribution in [0.3, 0.4) is 0 Å². The highest BCUT2D eigenvalue weighted by atomic mass is 14.3. The number of aryl methyl sites for hydroxylation is 2. The second-order valence-electron chi connectivity index (χ2n) is 3.23. The number of allylic oxidation sites excluding steroid dienone is 1. The monoisotopic (exact) mass is 173 g/mol. The second-order valence-corrected chi connectivity index (χ2v) is 3.23. The maximum atomic E-state index is 7.30. The number of hydrogen-bond donors (Lipinski definition) is 1. The maximum Gasteiger partial charge on any atom is 0.0256 e. The molecule has 0 fully saturated rings. The van der Waals surface area contributed by atoms with Crippen LogP contribution in [0.2, 0.25) is 0 Å². The van der Waals surface area contributed by atoms with Gasteiger partial charge in [-0.2, -0.15) is 0 Å². The van der Waals surface area contributed by atoms with Crippen LogP contribution in [0.4, 0.5) is 0 Å². The molecule has 0 unspecified atom stereocenters. The summed E-state index contributed by atoms with van der Waals surface area (Å²) in [7, 11) is 0. The first kappa shape index (κ1) is 9.72. The third-order valence-electron chi connectivity index (χ3n) is 2.05. The molecule has 0 heterocycles. The predicted molar refractivity (Wildman–Crippen MR) is 58.5 cm³/mol. The quantitative estimate of drug-likeness (QED) is 0.663. The Kier molecular flexibility index (Phi) is 3.02. The Morgan fingerprint density at radius 3 is 2.46 bits per heavy atom. The van der Waals surface area contributed by atoms with Gasteiger partial charge < -0.3 is 5.41 Å². The van der Waals surface area contributed by atoms with Gasteiger partial charge in [0.2, 0.25) is 0 Å². The van der Waals surface area contributed by atoms with Crippen LogP contribution in [0.5, 0.6) is 0 Å². The molecular weight excluding hydrogens is 158 g/mol. The van der Waals surface area contributed by atoms with E-state index in [-0.39, 0.29) is 0 Å². The fourth-order valence-electron chi connectivity index (χ4n) is 1.53. The van der Waals surface area contributed by atoms with Crippen LogP contribution in [0.15, 0.2) is 18.2 Å². The second kappa shape index (κ2) is 4.04. The van der Waals surface area contributed by atoms with Gasteiger partial charge in [-0.3, -0.25) is 0 Å². The van der Waals surface area contributed by atoms with Crippen molar-refractivity contribution < 1.29 is 0 Å². The average molecular weight is 173 g/mol.